The highest BCUT2D eigenvalue weighted by molar-refractivity contribution is 6.11. The fourth-order valence-corrected chi connectivity index (χ4v) is 8.06. The van der Waals surface area contributed by atoms with Gasteiger partial charge in [-0.3, -0.25) is 0 Å². The van der Waals surface area contributed by atoms with Gasteiger partial charge in [-0.1, -0.05) is 146 Å². The van der Waals surface area contributed by atoms with Crippen LogP contribution in [0.5, 0.6) is 0 Å². The molecule has 0 saturated heterocycles. The van der Waals surface area contributed by atoms with Crippen LogP contribution in [0.3, 0.4) is 0 Å². The maximum absolute atomic E-state index is 14.6. The maximum Gasteiger partial charge on any atom is 0.416 e. The molecule has 0 aliphatic heterocycles. The number of benzene rings is 8. The SMILES string of the molecule is FC(F)(F)c1cc(-c2cc(-n3c4cc(-c5ccccc5)ccc4c4ccc(-c5ccccc5)cc43)ccc2-c2nc(-c3ccccc3)nc(-c3ccccc3)n2)cc(C(F)(F)F)c1. The first-order chi connectivity index (χ1) is 30.5. The number of rotatable bonds is 7. The summed E-state index contributed by atoms with van der Waals surface area (Å²) < 4.78 is 89.4. The highest BCUT2D eigenvalue weighted by atomic mass is 19.4. The molecule has 0 bridgehead atoms. The molecule has 0 radical (unpaired) electrons. The van der Waals surface area contributed by atoms with Crippen LogP contribution in [0.2, 0.25) is 0 Å². The molecular formula is C53H32F6N4. The van der Waals surface area contributed by atoms with E-state index in [0.29, 0.717) is 16.8 Å². The first-order valence-electron chi connectivity index (χ1n) is 20.0. The summed E-state index contributed by atoms with van der Waals surface area (Å²) in [7, 11) is 0. The zero-order valence-corrected chi connectivity index (χ0v) is 33.0. The molecule has 2 heterocycles. The number of halogens is 6. The molecule has 0 amide bonds. The van der Waals surface area contributed by atoms with E-state index in [2.05, 4.69) is 12.1 Å². The summed E-state index contributed by atoms with van der Waals surface area (Å²) in [5.74, 6) is 0.618. The Morgan fingerprint density at radius 1 is 0.317 bits per heavy atom. The van der Waals surface area contributed by atoms with Crippen molar-refractivity contribution >= 4 is 21.8 Å². The first-order valence-corrected chi connectivity index (χ1v) is 20.0. The molecule has 0 N–H and O–H groups in total. The summed E-state index contributed by atoms with van der Waals surface area (Å²) in [6, 6.07) is 56.9. The topological polar surface area (TPSA) is 43.6 Å². The Balaban J connectivity index is 1.29. The third-order valence-electron chi connectivity index (χ3n) is 11.1. The van der Waals surface area contributed by atoms with Crippen LogP contribution in [0.25, 0.3) is 95.0 Å². The number of aromatic nitrogens is 4. The molecule has 0 aliphatic rings. The lowest BCUT2D eigenvalue weighted by Crippen LogP contribution is -2.11. The van der Waals surface area contributed by atoms with E-state index in [1.165, 1.54) is 0 Å². The molecule has 2 aromatic heterocycles. The number of nitrogens with zero attached hydrogens (tertiary/aromatic N) is 4. The number of alkyl halides is 6. The zero-order chi connectivity index (χ0) is 43.3. The molecule has 306 valence electrons. The van der Waals surface area contributed by atoms with Crippen LogP contribution in [0.4, 0.5) is 26.3 Å². The highest BCUT2D eigenvalue weighted by Crippen LogP contribution is 2.43. The van der Waals surface area contributed by atoms with Crippen LogP contribution in [-0.4, -0.2) is 19.5 Å². The van der Waals surface area contributed by atoms with Gasteiger partial charge in [0.25, 0.3) is 0 Å². The second-order valence-corrected chi connectivity index (χ2v) is 15.1. The minimum atomic E-state index is -5.09. The third-order valence-corrected chi connectivity index (χ3v) is 11.1. The molecule has 0 saturated carbocycles. The zero-order valence-electron chi connectivity index (χ0n) is 33.0. The molecule has 0 fully saturated rings. The molecule has 10 heteroatoms. The highest BCUT2D eigenvalue weighted by Gasteiger charge is 2.37. The Morgan fingerprint density at radius 2 is 0.730 bits per heavy atom. The molecule has 63 heavy (non-hydrogen) atoms. The van der Waals surface area contributed by atoms with Crippen molar-refractivity contribution in [1.29, 1.82) is 0 Å². The van der Waals surface area contributed by atoms with Gasteiger partial charge in [0.1, 0.15) is 0 Å². The standard InChI is InChI=1S/C53H32F6N4/c54-52(55,56)40-27-39(28-41(31-40)53(57,58)59)46-32-42(23-26-45(46)51-61-49(35-17-9-3-10-18-35)60-50(62-51)36-19-11-4-12-20-36)63-47-29-37(33-13-5-1-6-14-33)21-24-43(47)44-25-22-38(30-48(44)63)34-15-7-2-8-16-34/h1-32H. The summed E-state index contributed by atoms with van der Waals surface area (Å²) in [5.41, 5.74) is 4.21. The predicted octanol–water partition coefficient (Wildman–Crippen LogP) is 15.0. The van der Waals surface area contributed by atoms with Gasteiger partial charge in [0.15, 0.2) is 17.5 Å². The van der Waals surface area contributed by atoms with Gasteiger partial charge in [0.05, 0.1) is 22.2 Å². The lowest BCUT2D eigenvalue weighted by Gasteiger charge is -2.18. The normalized spacial score (nSPS) is 12.0. The number of hydrogen-bond acceptors (Lipinski definition) is 3. The van der Waals surface area contributed by atoms with Gasteiger partial charge in [-0.2, -0.15) is 26.3 Å². The minimum absolute atomic E-state index is 0.0572. The molecule has 4 nitrogen and oxygen atoms in total. The molecule has 0 unspecified atom stereocenters. The van der Waals surface area contributed by atoms with Crippen LogP contribution in [0.15, 0.2) is 194 Å². The average molecular weight is 839 g/mol. The second kappa shape index (κ2) is 15.6. The Bertz CT molecular complexity index is 3100. The monoisotopic (exact) mass is 838 g/mol. The average Bonchev–Trinajstić information content (AvgIpc) is 3.64. The van der Waals surface area contributed by atoms with E-state index in [-0.39, 0.29) is 40.2 Å². The Morgan fingerprint density at radius 3 is 1.16 bits per heavy atom. The summed E-state index contributed by atoms with van der Waals surface area (Å²) in [6.45, 7) is 0. The van der Waals surface area contributed by atoms with Crippen molar-refractivity contribution in [2.75, 3.05) is 0 Å². The Labute approximate surface area is 357 Å². The molecule has 0 aliphatic carbocycles. The summed E-state index contributed by atoms with van der Waals surface area (Å²) in [4.78, 5) is 14.4. The Hall–Kier alpha value is -7.85. The van der Waals surface area contributed by atoms with Crippen molar-refractivity contribution in [3.05, 3.63) is 205 Å². The van der Waals surface area contributed by atoms with Gasteiger partial charge in [0.2, 0.25) is 0 Å². The second-order valence-electron chi connectivity index (χ2n) is 15.1. The van der Waals surface area contributed by atoms with E-state index in [1.54, 1.807) is 18.2 Å². The van der Waals surface area contributed by atoms with Crippen molar-refractivity contribution in [2.24, 2.45) is 0 Å². The van der Waals surface area contributed by atoms with Crippen LogP contribution < -0.4 is 0 Å². The van der Waals surface area contributed by atoms with Gasteiger partial charge < -0.3 is 4.57 Å². The molecule has 10 aromatic rings. The summed E-state index contributed by atoms with van der Waals surface area (Å²) >= 11 is 0. The fraction of sp³-hybridized carbons (Fsp3) is 0.0377. The lowest BCUT2D eigenvalue weighted by molar-refractivity contribution is -0.143. The number of fused-ring (bicyclic) bond motifs is 3. The van der Waals surface area contributed by atoms with E-state index < -0.39 is 23.5 Å². The lowest BCUT2D eigenvalue weighted by atomic mass is 9.94. The largest absolute Gasteiger partial charge is 0.416 e. The molecule has 0 atom stereocenters. The Kier molecular flexibility index (Phi) is 9.71. The summed E-state index contributed by atoms with van der Waals surface area (Å²) in [6.07, 6.45) is -10.2. The van der Waals surface area contributed by atoms with Crippen LogP contribution >= 0.6 is 0 Å². The van der Waals surface area contributed by atoms with Crippen molar-refractivity contribution in [3.63, 3.8) is 0 Å². The van der Waals surface area contributed by atoms with Gasteiger partial charge in [0, 0.05) is 33.2 Å². The van der Waals surface area contributed by atoms with Crippen molar-refractivity contribution in [2.45, 2.75) is 12.4 Å². The smallest absolute Gasteiger partial charge is 0.309 e. The number of hydrogen-bond donors (Lipinski definition) is 0. The van der Waals surface area contributed by atoms with E-state index in [4.69, 9.17) is 15.0 Å². The van der Waals surface area contributed by atoms with E-state index in [9.17, 15) is 26.3 Å². The van der Waals surface area contributed by atoms with E-state index in [1.807, 2.05) is 150 Å². The molecular weight excluding hydrogens is 807 g/mol. The van der Waals surface area contributed by atoms with E-state index in [0.717, 1.165) is 56.2 Å². The quantitative estimate of drug-likeness (QED) is 0.150. The van der Waals surface area contributed by atoms with E-state index >= 15 is 0 Å². The minimum Gasteiger partial charge on any atom is -0.309 e. The predicted molar refractivity (Wildman–Crippen MR) is 237 cm³/mol. The van der Waals surface area contributed by atoms with Gasteiger partial charge in [-0.25, -0.2) is 15.0 Å². The van der Waals surface area contributed by atoms with Gasteiger partial charge >= 0.3 is 12.4 Å². The molecule has 10 rings (SSSR count). The van der Waals surface area contributed by atoms with Crippen LogP contribution in [0, 0.1) is 0 Å². The fourth-order valence-electron chi connectivity index (χ4n) is 8.06. The van der Waals surface area contributed by atoms with Crippen molar-refractivity contribution in [3.8, 4) is 73.2 Å². The van der Waals surface area contributed by atoms with Crippen molar-refractivity contribution in [1.82, 2.24) is 19.5 Å². The molecule has 0 spiro atoms. The van der Waals surface area contributed by atoms with Gasteiger partial charge in [-0.05, 0) is 81.9 Å². The van der Waals surface area contributed by atoms with Crippen LogP contribution in [-0.2, 0) is 12.4 Å². The molecule has 8 aromatic carbocycles. The van der Waals surface area contributed by atoms with Gasteiger partial charge in [-0.15, -0.1) is 0 Å². The van der Waals surface area contributed by atoms with Crippen molar-refractivity contribution < 1.29 is 26.3 Å². The third kappa shape index (κ3) is 7.61. The first kappa shape index (κ1) is 39.3. The maximum atomic E-state index is 14.6. The summed E-state index contributed by atoms with van der Waals surface area (Å²) in [5, 5.41) is 1.82. The van der Waals surface area contributed by atoms with Crippen LogP contribution in [0.1, 0.15) is 11.1 Å².